The Labute approximate surface area is 100 Å². The number of rotatable bonds is 4. The van der Waals surface area contributed by atoms with Gasteiger partial charge in [-0.15, -0.1) is 16.4 Å². The quantitative estimate of drug-likeness (QED) is 0.560. The van der Waals surface area contributed by atoms with Gasteiger partial charge in [-0.3, -0.25) is 4.79 Å². The van der Waals surface area contributed by atoms with Crippen LogP contribution >= 0.6 is 11.3 Å². The summed E-state index contributed by atoms with van der Waals surface area (Å²) >= 11 is 1.52. The number of hydrogen-bond donors (Lipinski definition) is 2. The highest BCUT2D eigenvalue weighted by molar-refractivity contribution is 7.11. The summed E-state index contributed by atoms with van der Waals surface area (Å²) in [5, 5.41) is 16.4. The standard InChI is InChI=1S/C8H9N7OS/c9-8-12-14-15(13-8)5-7(16)11-10-4-6-2-1-3-17-6/h1-4H,5H2,(H2,9,13)(H,11,16)/b10-4-. The zero-order valence-electron chi connectivity index (χ0n) is 8.65. The van der Waals surface area contributed by atoms with Crippen LogP contribution in [0, 0.1) is 0 Å². The molecule has 0 saturated heterocycles. The molecule has 88 valence electrons. The predicted molar refractivity (Wildman–Crippen MR) is 62.3 cm³/mol. The number of tetrazole rings is 1. The average Bonchev–Trinajstić information content (AvgIpc) is 2.90. The van der Waals surface area contributed by atoms with Crippen LogP contribution in [-0.4, -0.2) is 32.3 Å². The van der Waals surface area contributed by atoms with Crippen LogP contribution in [0.3, 0.4) is 0 Å². The molecule has 0 spiro atoms. The third-order valence-electron chi connectivity index (χ3n) is 1.68. The number of hydrogen-bond acceptors (Lipinski definition) is 7. The van der Waals surface area contributed by atoms with E-state index in [0.717, 1.165) is 9.67 Å². The molecule has 2 heterocycles. The topological polar surface area (TPSA) is 111 Å². The minimum Gasteiger partial charge on any atom is -0.365 e. The number of hydrazone groups is 1. The number of aromatic nitrogens is 4. The molecule has 0 bridgehead atoms. The molecule has 0 unspecified atom stereocenters. The fourth-order valence-electron chi connectivity index (χ4n) is 1.02. The van der Waals surface area contributed by atoms with Crippen molar-refractivity contribution in [3.05, 3.63) is 22.4 Å². The number of carbonyl (C=O) groups is 1. The Morgan fingerprint density at radius 1 is 1.71 bits per heavy atom. The van der Waals surface area contributed by atoms with Crippen LogP contribution in [0.4, 0.5) is 5.95 Å². The van der Waals surface area contributed by atoms with Crippen molar-refractivity contribution in [2.45, 2.75) is 6.54 Å². The van der Waals surface area contributed by atoms with E-state index in [1.807, 2.05) is 17.5 Å². The second kappa shape index (κ2) is 5.16. The molecule has 0 aliphatic heterocycles. The molecule has 9 heteroatoms. The van der Waals surface area contributed by atoms with E-state index in [2.05, 4.69) is 25.9 Å². The number of nitrogens with one attached hydrogen (secondary N) is 1. The lowest BCUT2D eigenvalue weighted by atomic mass is 10.5. The van der Waals surface area contributed by atoms with E-state index in [4.69, 9.17) is 5.73 Å². The molecular formula is C8H9N7OS. The number of nitrogen functional groups attached to an aromatic ring is 1. The maximum atomic E-state index is 11.4. The van der Waals surface area contributed by atoms with Gasteiger partial charge in [-0.2, -0.15) is 9.90 Å². The highest BCUT2D eigenvalue weighted by Gasteiger charge is 2.04. The van der Waals surface area contributed by atoms with Crippen LogP contribution in [-0.2, 0) is 11.3 Å². The van der Waals surface area contributed by atoms with Gasteiger partial charge >= 0.3 is 0 Å². The highest BCUT2D eigenvalue weighted by atomic mass is 32.1. The maximum Gasteiger partial charge on any atom is 0.263 e. The molecule has 8 nitrogen and oxygen atoms in total. The lowest BCUT2D eigenvalue weighted by Gasteiger charge is -1.96. The number of carbonyl (C=O) groups excluding carboxylic acids is 1. The van der Waals surface area contributed by atoms with Gasteiger partial charge in [0.2, 0.25) is 0 Å². The van der Waals surface area contributed by atoms with E-state index in [0.29, 0.717) is 0 Å². The summed E-state index contributed by atoms with van der Waals surface area (Å²) in [6.07, 6.45) is 1.56. The van der Waals surface area contributed by atoms with Crippen molar-refractivity contribution in [3.8, 4) is 0 Å². The number of anilines is 1. The lowest BCUT2D eigenvalue weighted by molar-refractivity contribution is -0.122. The minimum atomic E-state index is -0.352. The number of nitrogens with zero attached hydrogens (tertiary/aromatic N) is 5. The van der Waals surface area contributed by atoms with E-state index >= 15 is 0 Å². The summed E-state index contributed by atoms with van der Waals surface area (Å²) in [7, 11) is 0. The highest BCUT2D eigenvalue weighted by Crippen LogP contribution is 2.03. The molecule has 0 aliphatic carbocycles. The van der Waals surface area contributed by atoms with Crippen molar-refractivity contribution in [1.29, 1.82) is 0 Å². The average molecular weight is 251 g/mol. The van der Waals surface area contributed by atoms with E-state index < -0.39 is 0 Å². The summed E-state index contributed by atoms with van der Waals surface area (Å²) < 4.78 is 0. The van der Waals surface area contributed by atoms with Crippen molar-refractivity contribution < 1.29 is 4.79 Å². The lowest BCUT2D eigenvalue weighted by Crippen LogP contribution is -2.24. The zero-order valence-corrected chi connectivity index (χ0v) is 9.46. The summed E-state index contributed by atoms with van der Waals surface area (Å²) in [6.45, 7) is -0.0774. The first kappa shape index (κ1) is 11.2. The molecule has 0 atom stereocenters. The molecule has 0 saturated carbocycles. The number of thiophene rings is 1. The summed E-state index contributed by atoms with van der Waals surface area (Å²) in [4.78, 5) is 13.4. The molecule has 2 aromatic heterocycles. The summed E-state index contributed by atoms with van der Waals surface area (Å²) in [5.74, 6) is -0.324. The Balaban J connectivity index is 1.82. The summed E-state index contributed by atoms with van der Waals surface area (Å²) in [6, 6.07) is 3.79. The Morgan fingerprint density at radius 2 is 2.59 bits per heavy atom. The van der Waals surface area contributed by atoms with Crippen LogP contribution in [0.15, 0.2) is 22.6 Å². The first-order valence-electron chi connectivity index (χ1n) is 4.63. The Morgan fingerprint density at radius 3 is 3.24 bits per heavy atom. The maximum absolute atomic E-state index is 11.4. The molecule has 0 radical (unpaired) electrons. The minimum absolute atomic E-state index is 0.0277. The van der Waals surface area contributed by atoms with Gasteiger partial charge < -0.3 is 5.73 Å². The van der Waals surface area contributed by atoms with Crippen LogP contribution in [0.25, 0.3) is 0 Å². The van der Waals surface area contributed by atoms with E-state index in [-0.39, 0.29) is 18.4 Å². The third-order valence-corrected chi connectivity index (χ3v) is 2.48. The molecule has 17 heavy (non-hydrogen) atoms. The van der Waals surface area contributed by atoms with Gasteiger partial charge in [-0.25, -0.2) is 5.43 Å². The van der Waals surface area contributed by atoms with Gasteiger partial charge in [0, 0.05) is 4.88 Å². The largest absolute Gasteiger partial charge is 0.365 e. The van der Waals surface area contributed by atoms with Gasteiger partial charge in [-0.1, -0.05) is 11.2 Å². The van der Waals surface area contributed by atoms with E-state index in [1.165, 1.54) is 11.3 Å². The molecule has 2 aromatic rings. The molecule has 0 aromatic carbocycles. The second-order valence-corrected chi connectivity index (χ2v) is 3.97. The van der Waals surface area contributed by atoms with E-state index in [9.17, 15) is 4.79 Å². The van der Waals surface area contributed by atoms with Crippen molar-refractivity contribution in [2.75, 3.05) is 5.73 Å². The van der Waals surface area contributed by atoms with Crippen LogP contribution in [0.2, 0.25) is 0 Å². The molecule has 2 rings (SSSR count). The predicted octanol–water partition coefficient (Wildman–Crippen LogP) is -0.533. The molecular weight excluding hydrogens is 242 g/mol. The second-order valence-electron chi connectivity index (χ2n) is 2.99. The van der Waals surface area contributed by atoms with Crippen LogP contribution in [0.1, 0.15) is 4.88 Å². The first-order chi connectivity index (χ1) is 8.24. The van der Waals surface area contributed by atoms with Gasteiger partial charge in [-0.05, 0) is 16.7 Å². The smallest absolute Gasteiger partial charge is 0.263 e. The molecule has 1 amide bonds. The third kappa shape index (κ3) is 3.34. The van der Waals surface area contributed by atoms with Gasteiger partial charge in [0.05, 0.1) is 6.21 Å². The SMILES string of the molecule is Nc1nnn(CC(=O)N/N=C\c2cccs2)n1. The normalized spacial score (nSPS) is 10.8. The Bertz CT molecular complexity index is 518. The molecule has 3 N–H and O–H groups in total. The number of nitrogens with two attached hydrogens (primary N) is 1. The summed E-state index contributed by atoms with van der Waals surface area (Å²) in [5.41, 5.74) is 7.60. The Kier molecular flexibility index (Phi) is 3.40. The first-order valence-corrected chi connectivity index (χ1v) is 5.51. The van der Waals surface area contributed by atoms with Gasteiger partial charge in [0.25, 0.3) is 11.9 Å². The van der Waals surface area contributed by atoms with Crippen molar-refractivity contribution in [3.63, 3.8) is 0 Å². The zero-order chi connectivity index (χ0) is 12.1. The molecule has 0 fully saturated rings. The fraction of sp³-hybridized carbons (Fsp3) is 0.125. The van der Waals surface area contributed by atoms with Crippen molar-refractivity contribution in [2.24, 2.45) is 5.10 Å². The monoisotopic (exact) mass is 251 g/mol. The number of amides is 1. The van der Waals surface area contributed by atoms with Crippen molar-refractivity contribution in [1.82, 2.24) is 25.6 Å². The van der Waals surface area contributed by atoms with Gasteiger partial charge in [0.1, 0.15) is 6.54 Å². The van der Waals surface area contributed by atoms with E-state index in [1.54, 1.807) is 6.21 Å². The molecule has 0 aliphatic rings. The van der Waals surface area contributed by atoms with Gasteiger partial charge in [0.15, 0.2) is 0 Å². The van der Waals surface area contributed by atoms with Crippen molar-refractivity contribution >= 4 is 29.4 Å². The Hall–Kier alpha value is -2.29. The van der Waals surface area contributed by atoms with Crippen LogP contribution < -0.4 is 11.2 Å². The van der Waals surface area contributed by atoms with Crippen LogP contribution in [0.5, 0.6) is 0 Å². The fourth-order valence-corrected chi connectivity index (χ4v) is 1.60.